The first-order chi connectivity index (χ1) is 7.15. The predicted molar refractivity (Wildman–Crippen MR) is 52.9 cm³/mol. The van der Waals surface area contributed by atoms with Crippen molar-refractivity contribution >= 4 is 0 Å². The molecule has 0 bridgehead atoms. The largest absolute Gasteiger partial charge is 0.434 e. The molecule has 0 amide bonds. The molecule has 2 nitrogen and oxygen atoms in total. The van der Waals surface area contributed by atoms with Crippen molar-refractivity contribution in [3.05, 3.63) is 29.8 Å². The Bertz CT molecular complexity index is 302. The summed E-state index contributed by atoms with van der Waals surface area (Å²) >= 11 is 0. The average molecular weight is 216 g/mol. The second kappa shape index (κ2) is 5.66. The van der Waals surface area contributed by atoms with Gasteiger partial charge in [0.2, 0.25) is 0 Å². The number of aliphatic hydroxyl groups excluding tert-OH is 1. The van der Waals surface area contributed by atoms with E-state index in [1.807, 2.05) is 6.92 Å². The summed E-state index contributed by atoms with van der Waals surface area (Å²) in [4.78, 5) is 0. The van der Waals surface area contributed by atoms with Gasteiger partial charge in [-0.25, -0.2) is 0 Å². The highest BCUT2D eigenvalue weighted by Crippen LogP contribution is 2.28. The van der Waals surface area contributed by atoms with Crippen LogP contribution in [-0.2, 0) is 0 Å². The number of para-hydroxylation sites is 1. The number of benzene rings is 1. The number of alkyl halides is 2. The molecule has 1 N–H and O–H groups in total. The van der Waals surface area contributed by atoms with Gasteiger partial charge in [0.1, 0.15) is 5.75 Å². The molecule has 0 saturated heterocycles. The third-order valence-corrected chi connectivity index (χ3v) is 2.06. The first-order valence-electron chi connectivity index (χ1n) is 4.87. The maximum absolute atomic E-state index is 12.0. The average Bonchev–Trinajstić information content (AvgIpc) is 2.18. The van der Waals surface area contributed by atoms with E-state index in [2.05, 4.69) is 4.74 Å². The van der Waals surface area contributed by atoms with E-state index >= 15 is 0 Å². The number of hydrogen-bond donors (Lipinski definition) is 1. The molecular formula is C11H14F2O2. The van der Waals surface area contributed by atoms with Gasteiger partial charge >= 0.3 is 6.61 Å². The van der Waals surface area contributed by atoms with E-state index in [0.717, 1.165) is 6.42 Å². The second-order valence-corrected chi connectivity index (χ2v) is 3.22. The topological polar surface area (TPSA) is 29.5 Å². The van der Waals surface area contributed by atoms with Crippen molar-refractivity contribution in [2.75, 3.05) is 0 Å². The molecule has 0 aliphatic heterocycles. The first-order valence-corrected chi connectivity index (χ1v) is 4.87. The Morgan fingerprint density at radius 1 is 1.33 bits per heavy atom. The minimum absolute atomic E-state index is 0.0495. The number of ether oxygens (including phenoxy) is 1. The molecule has 15 heavy (non-hydrogen) atoms. The molecular weight excluding hydrogens is 202 g/mol. The molecule has 0 radical (unpaired) electrons. The van der Waals surface area contributed by atoms with Crippen LogP contribution in [0.1, 0.15) is 31.4 Å². The minimum atomic E-state index is -2.86. The van der Waals surface area contributed by atoms with Crippen LogP contribution in [0.25, 0.3) is 0 Å². The minimum Gasteiger partial charge on any atom is -0.434 e. The van der Waals surface area contributed by atoms with Crippen molar-refractivity contribution < 1.29 is 18.6 Å². The zero-order valence-corrected chi connectivity index (χ0v) is 8.49. The lowest BCUT2D eigenvalue weighted by molar-refractivity contribution is -0.0516. The number of aliphatic hydroxyl groups is 1. The summed E-state index contributed by atoms with van der Waals surface area (Å²) < 4.78 is 28.4. The smallest absolute Gasteiger partial charge is 0.387 e. The summed E-state index contributed by atoms with van der Waals surface area (Å²) in [5, 5.41) is 9.69. The Kier molecular flexibility index (Phi) is 4.49. The van der Waals surface area contributed by atoms with Crippen molar-refractivity contribution in [3.8, 4) is 5.75 Å². The summed E-state index contributed by atoms with van der Waals surface area (Å²) in [5.41, 5.74) is 0.416. The number of halogens is 2. The number of rotatable bonds is 5. The summed E-state index contributed by atoms with van der Waals surface area (Å²) in [6.45, 7) is -0.945. The highest BCUT2D eigenvalue weighted by molar-refractivity contribution is 5.35. The Labute approximate surface area is 87.5 Å². The Morgan fingerprint density at radius 3 is 2.60 bits per heavy atom. The predicted octanol–water partition coefficient (Wildman–Crippen LogP) is 3.12. The zero-order chi connectivity index (χ0) is 11.3. The van der Waals surface area contributed by atoms with Gasteiger partial charge in [-0.3, -0.25) is 0 Å². The SMILES string of the molecule is CCCC(O)c1ccccc1OC(F)F. The van der Waals surface area contributed by atoms with Crippen LogP contribution < -0.4 is 4.74 Å². The third-order valence-electron chi connectivity index (χ3n) is 2.06. The van der Waals surface area contributed by atoms with Gasteiger partial charge in [-0.05, 0) is 12.5 Å². The van der Waals surface area contributed by atoms with Gasteiger partial charge in [-0.15, -0.1) is 0 Å². The first kappa shape index (κ1) is 11.9. The standard InChI is InChI=1S/C11H14F2O2/c1-2-5-9(14)8-6-3-4-7-10(8)15-11(12)13/h3-4,6-7,9,11,14H,2,5H2,1H3. The van der Waals surface area contributed by atoms with Crippen LogP contribution in [0.5, 0.6) is 5.75 Å². The summed E-state index contributed by atoms with van der Waals surface area (Å²) in [7, 11) is 0. The van der Waals surface area contributed by atoms with E-state index in [1.165, 1.54) is 6.07 Å². The van der Waals surface area contributed by atoms with Crippen LogP contribution >= 0.6 is 0 Å². The van der Waals surface area contributed by atoms with Crippen molar-refractivity contribution in [2.24, 2.45) is 0 Å². The van der Waals surface area contributed by atoms with Gasteiger partial charge in [0.25, 0.3) is 0 Å². The van der Waals surface area contributed by atoms with Gasteiger partial charge in [0.05, 0.1) is 6.10 Å². The fraction of sp³-hybridized carbons (Fsp3) is 0.455. The Balaban J connectivity index is 2.85. The van der Waals surface area contributed by atoms with Crippen LogP contribution in [0.2, 0.25) is 0 Å². The van der Waals surface area contributed by atoms with E-state index in [-0.39, 0.29) is 5.75 Å². The normalized spacial score (nSPS) is 12.9. The van der Waals surface area contributed by atoms with E-state index in [1.54, 1.807) is 18.2 Å². The third kappa shape index (κ3) is 3.47. The Hall–Kier alpha value is -1.16. The maximum atomic E-state index is 12.0. The molecule has 84 valence electrons. The van der Waals surface area contributed by atoms with Crippen LogP contribution in [0, 0.1) is 0 Å². The van der Waals surface area contributed by atoms with Gasteiger partial charge in [0.15, 0.2) is 0 Å². The highest BCUT2D eigenvalue weighted by atomic mass is 19.3. The molecule has 4 heteroatoms. The van der Waals surface area contributed by atoms with E-state index in [4.69, 9.17) is 0 Å². The molecule has 0 aliphatic carbocycles. The van der Waals surface area contributed by atoms with Gasteiger partial charge in [-0.1, -0.05) is 31.5 Å². The Morgan fingerprint density at radius 2 is 2.00 bits per heavy atom. The fourth-order valence-electron chi connectivity index (χ4n) is 1.39. The highest BCUT2D eigenvalue weighted by Gasteiger charge is 2.14. The molecule has 0 aromatic heterocycles. The van der Waals surface area contributed by atoms with Crippen LogP contribution in [0.15, 0.2) is 24.3 Å². The zero-order valence-electron chi connectivity index (χ0n) is 8.49. The van der Waals surface area contributed by atoms with Crippen molar-refractivity contribution in [2.45, 2.75) is 32.5 Å². The molecule has 1 atom stereocenters. The van der Waals surface area contributed by atoms with Crippen LogP contribution in [0.4, 0.5) is 8.78 Å². The van der Waals surface area contributed by atoms with Crippen molar-refractivity contribution in [3.63, 3.8) is 0 Å². The molecule has 0 fully saturated rings. The van der Waals surface area contributed by atoms with Crippen molar-refractivity contribution in [1.29, 1.82) is 0 Å². The monoisotopic (exact) mass is 216 g/mol. The summed E-state index contributed by atoms with van der Waals surface area (Å²) in [6.07, 6.45) is 0.568. The van der Waals surface area contributed by atoms with E-state index in [0.29, 0.717) is 12.0 Å². The molecule has 1 aromatic rings. The lowest BCUT2D eigenvalue weighted by Crippen LogP contribution is -2.06. The lowest BCUT2D eigenvalue weighted by Gasteiger charge is -2.14. The van der Waals surface area contributed by atoms with Crippen molar-refractivity contribution in [1.82, 2.24) is 0 Å². The van der Waals surface area contributed by atoms with Gasteiger partial charge < -0.3 is 9.84 Å². The maximum Gasteiger partial charge on any atom is 0.387 e. The molecule has 0 aliphatic rings. The lowest BCUT2D eigenvalue weighted by atomic mass is 10.0. The summed E-state index contributed by atoms with van der Waals surface area (Å²) in [5.74, 6) is 0.0495. The van der Waals surface area contributed by atoms with Gasteiger partial charge in [0, 0.05) is 5.56 Å². The van der Waals surface area contributed by atoms with Gasteiger partial charge in [-0.2, -0.15) is 8.78 Å². The molecule has 1 unspecified atom stereocenters. The number of hydrogen-bond acceptors (Lipinski definition) is 2. The van der Waals surface area contributed by atoms with Crippen LogP contribution in [0.3, 0.4) is 0 Å². The van der Waals surface area contributed by atoms with E-state index < -0.39 is 12.7 Å². The fourth-order valence-corrected chi connectivity index (χ4v) is 1.39. The molecule has 1 rings (SSSR count). The van der Waals surface area contributed by atoms with E-state index in [9.17, 15) is 13.9 Å². The quantitative estimate of drug-likeness (QED) is 0.819. The molecule has 0 spiro atoms. The summed E-state index contributed by atoms with van der Waals surface area (Å²) in [6, 6.07) is 6.31. The molecule has 0 saturated carbocycles. The second-order valence-electron chi connectivity index (χ2n) is 3.22. The molecule has 0 heterocycles. The van der Waals surface area contributed by atoms with Crippen LogP contribution in [-0.4, -0.2) is 11.7 Å². The molecule has 1 aromatic carbocycles.